The summed E-state index contributed by atoms with van der Waals surface area (Å²) in [5, 5.41) is 13.5. The molecule has 2 bridgehead atoms. The SMILES string of the molecule is CC1(C)C(NCC2CCC(O)C2)[C@]2(C)CC[C@H]1C2. The molecule has 3 aliphatic carbocycles. The van der Waals surface area contributed by atoms with Gasteiger partial charge in [0, 0.05) is 6.04 Å². The van der Waals surface area contributed by atoms with Gasteiger partial charge in [-0.1, -0.05) is 20.8 Å². The lowest BCUT2D eigenvalue weighted by Crippen LogP contribution is -2.51. The number of rotatable bonds is 3. The molecule has 3 saturated carbocycles. The number of aliphatic hydroxyl groups is 1. The highest BCUT2D eigenvalue weighted by molar-refractivity contribution is 5.12. The normalized spacial score (nSPS) is 50.0. The Morgan fingerprint density at radius 1 is 1.17 bits per heavy atom. The Morgan fingerprint density at radius 3 is 2.50 bits per heavy atom. The Morgan fingerprint density at radius 2 is 1.94 bits per heavy atom. The van der Waals surface area contributed by atoms with Gasteiger partial charge >= 0.3 is 0 Å². The largest absolute Gasteiger partial charge is 0.393 e. The molecule has 3 aliphatic rings. The Labute approximate surface area is 112 Å². The molecule has 2 nitrogen and oxygen atoms in total. The standard InChI is InChI=1S/C16H29NO/c1-15(2)12-6-7-16(3,9-12)14(15)17-10-11-4-5-13(18)8-11/h11-14,17-18H,4-10H2,1-3H3/t11?,12-,13?,14?,16+/m0/s1. The lowest BCUT2D eigenvalue weighted by Gasteiger charge is -2.43. The molecule has 2 heteroatoms. The summed E-state index contributed by atoms with van der Waals surface area (Å²) in [5.41, 5.74) is 0.996. The maximum atomic E-state index is 9.62. The Balaban J connectivity index is 1.62. The van der Waals surface area contributed by atoms with E-state index in [4.69, 9.17) is 0 Å². The number of hydrogen-bond acceptors (Lipinski definition) is 2. The Bertz CT molecular complexity index is 322. The first-order valence-corrected chi connectivity index (χ1v) is 7.83. The summed E-state index contributed by atoms with van der Waals surface area (Å²) < 4.78 is 0. The summed E-state index contributed by atoms with van der Waals surface area (Å²) in [7, 11) is 0. The summed E-state index contributed by atoms with van der Waals surface area (Å²) in [6, 6.07) is 0.682. The third kappa shape index (κ3) is 1.92. The Kier molecular flexibility index (Phi) is 3.02. The zero-order chi connectivity index (χ0) is 13.0. The van der Waals surface area contributed by atoms with Gasteiger partial charge in [0.15, 0.2) is 0 Å². The van der Waals surface area contributed by atoms with E-state index in [0.717, 1.165) is 25.3 Å². The highest BCUT2D eigenvalue weighted by atomic mass is 16.3. The molecule has 0 aromatic heterocycles. The van der Waals surface area contributed by atoms with Gasteiger partial charge in [-0.3, -0.25) is 0 Å². The van der Waals surface area contributed by atoms with Crippen LogP contribution >= 0.6 is 0 Å². The number of aliphatic hydroxyl groups excluding tert-OH is 1. The molecule has 104 valence electrons. The molecule has 18 heavy (non-hydrogen) atoms. The van der Waals surface area contributed by atoms with Gasteiger partial charge < -0.3 is 10.4 Å². The molecule has 0 heterocycles. The van der Waals surface area contributed by atoms with Gasteiger partial charge in [-0.2, -0.15) is 0 Å². The van der Waals surface area contributed by atoms with Crippen LogP contribution in [-0.2, 0) is 0 Å². The van der Waals surface area contributed by atoms with Crippen molar-refractivity contribution in [3.05, 3.63) is 0 Å². The minimum absolute atomic E-state index is 0.0274. The van der Waals surface area contributed by atoms with Crippen molar-refractivity contribution >= 4 is 0 Å². The fraction of sp³-hybridized carbons (Fsp3) is 1.00. The predicted octanol–water partition coefficient (Wildman–Crippen LogP) is 2.95. The van der Waals surface area contributed by atoms with Crippen LogP contribution in [0.2, 0.25) is 0 Å². The molecule has 0 aromatic carbocycles. The van der Waals surface area contributed by atoms with Gasteiger partial charge in [0.1, 0.15) is 0 Å². The van der Waals surface area contributed by atoms with E-state index in [2.05, 4.69) is 26.1 Å². The average molecular weight is 251 g/mol. The van der Waals surface area contributed by atoms with Crippen molar-refractivity contribution in [2.45, 2.75) is 71.4 Å². The number of hydrogen-bond donors (Lipinski definition) is 2. The van der Waals surface area contributed by atoms with Crippen molar-refractivity contribution in [1.82, 2.24) is 5.32 Å². The molecule has 0 radical (unpaired) electrons. The van der Waals surface area contributed by atoms with Gasteiger partial charge in [-0.05, 0) is 67.7 Å². The van der Waals surface area contributed by atoms with Crippen LogP contribution in [0.5, 0.6) is 0 Å². The summed E-state index contributed by atoms with van der Waals surface area (Å²) in [6.45, 7) is 8.53. The fourth-order valence-electron chi connectivity index (χ4n) is 5.33. The van der Waals surface area contributed by atoms with Crippen molar-refractivity contribution in [3.63, 3.8) is 0 Å². The maximum Gasteiger partial charge on any atom is 0.0543 e. The smallest absolute Gasteiger partial charge is 0.0543 e. The molecular formula is C16H29NO. The third-order valence-corrected chi connectivity index (χ3v) is 6.39. The molecule has 0 aliphatic heterocycles. The van der Waals surface area contributed by atoms with E-state index >= 15 is 0 Å². The summed E-state index contributed by atoms with van der Waals surface area (Å²) >= 11 is 0. The number of fused-ring (bicyclic) bond motifs is 2. The van der Waals surface area contributed by atoms with Gasteiger partial charge in [-0.15, -0.1) is 0 Å². The quantitative estimate of drug-likeness (QED) is 0.808. The van der Waals surface area contributed by atoms with E-state index in [0.29, 0.717) is 22.8 Å². The van der Waals surface area contributed by atoms with Crippen LogP contribution in [0.25, 0.3) is 0 Å². The lowest BCUT2D eigenvalue weighted by molar-refractivity contribution is 0.104. The van der Waals surface area contributed by atoms with Crippen LogP contribution in [-0.4, -0.2) is 23.8 Å². The maximum absolute atomic E-state index is 9.62. The van der Waals surface area contributed by atoms with Crippen LogP contribution < -0.4 is 5.32 Å². The second-order valence-corrected chi connectivity index (χ2v) is 8.09. The summed E-state index contributed by atoms with van der Waals surface area (Å²) in [4.78, 5) is 0. The average Bonchev–Trinajstić information content (AvgIpc) is 2.89. The minimum atomic E-state index is -0.0274. The van der Waals surface area contributed by atoms with E-state index in [1.54, 1.807) is 0 Å². The Hall–Kier alpha value is -0.0800. The molecule has 3 unspecified atom stereocenters. The first kappa shape index (κ1) is 12.9. The first-order valence-electron chi connectivity index (χ1n) is 7.83. The first-order chi connectivity index (χ1) is 8.42. The molecule has 0 amide bonds. The summed E-state index contributed by atoms with van der Waals surface area (Å²) in [5.74, 6) is 1.63. The fourth-order valence-corrected chi connectivity index (χ4v) is 5.33. The molecule has 5 atom stereocenters. The monoisotopic (exact) mass is 251 g/mol. The van der Waals surface area contributed by atoms with Crippen LogP contribution in [0.4, 0.5) is 0 Å². The van der Waals surface area contributed by atoms with Gasteiger partial charge in [0.25, 0.3) is 0 Å². The molecular weight excluding hydrogens is 222 g/mol. The zero-order valence-corrected chi connectivity index (χ0v) is 12.2. The van der Waals surface area contributed by atoms with Crippen LogP contribution in [0, 0.1) is 22.7 Å². The predicted molar refractivity (Wildman–Crippen MR) is 74.4 cm³/mol. The highest BCUT2D eigenvalue weighted by Crippen LogP contribution is 2.62. The third-order valence-electron chi connectivity index (χ3n) is 6.39. The van der Waals surface area contributed by atoms with Gasteiger partial charge in [-0.25, -0.2) is 0 Å². The molecule has 0 saturated heterocycles. The van der Waals surface area contributed by atoms with Crippen LogP contribution in [0.15, 0.2) is 0 Å². The lowest BCUT2D eigenvalue weighted by atomic mass is 9.68. The topological polar surface area (TPSA) is 32.3 Å². The van der Waals surface area contributed by atoms with E-state index < -0.39 is 0 Å². The zero-order valence-electron chi connectivity index (χ0n) is 12.2. The second-order valence-electron chi connectivity index (χ2n) is 8.09. The second kappa shape index (κ2) is 4.21. The van der Waals surface area contributed by atoms with E-state index in [9.17, 15) is 5.11 Å². The van der Waals surface area contributed by atoms with Gasteiger partial charge in [0.05, 0.1) is 6.10 Å². The van der Waals surface area contributed by atoms with Gasteiger partial charge in [0.2, 0.25) is 0 Å². The molecule has 3 rings (SSSR count). The summed E-state index contributed by atoms with van der Waals surface area (Å²) in [6.07, 6.45) is 7.48. The molecule has 0 aromatic rings. The van der Waals surface area contributed by atoms with Crippen molar-refractivity contribution < 1.29 is 5.11 Å². The van der Waals surface area contributed by atoms with Crippen molar-refractivity contribution in [2.24, 2.45) is 22.7 Å². The molecule has 3 fully saturated rings. The molecule has 2 N–H and O–H groups in total. The van der Waals surface area contributed by atoms with Crippen LogP contribution in [0.1, 0.15) is 59.3 Å². The number of nitrogens with one attached hydrogen (secondary N) is 1. The van der Waals surface area contributed by atoms with Crippen molar-refractivity contribution in [1.29, 1.82) is 0 Å². The van der Waals surface area contributed by atoms with E-state index in [1.165, 1.54) is 25.7 Å². The highest BCUT2D eigenvalue weighted by Gasteiger charge is 2.58. The molecule has 0 spiro atoms. The van der Waals surface area contributed by atoms with Crippen LogP contribution in [0.3, 0.4) is 0 Å². The van der Waals surface area contributed by atoms with E-state index in [-0.39, 0.29) is 6.10 Å². The minimum Gasteiger partial charge on any atom is -0.393 e. The van der Waals surface area contributed by atoms with E-state index in [1.807, 2.05) is 0 Å². The van der Waals surface area contributed by atoms with Crippen molar-refractivity contribution in [3.8, 4) is 0 Å². The van der Waals surface area contributed by atoms with Crippen molar-refractivity contribution in [2.75, 3.05) is 6.54 Å².